The van der Waals surface area contributed by atoms with Gasteiger partial charge in [-0.3, -0.25) is 4.31 Å². The van der Waals surface area contributed by atoms with Crippen molar-refractivity contribution in [3.8, 4) is 0 Å². The third-order valence-corrected chi connectivity index (χ3v) is 7.54. The van der Waals surface area contributed by atoms with Gasteiger partial charge >= 0.3 is 0 Å². The number of anilines is 1. The van der Waals surface area contributed by atoms with E-state index in [0.29, 0.717) is 5.69 Å². The number of sulfonamides is 2. The summed E-state index contributed by atoms with van der Waals surface area (Å²) in [5.74, 6) is 0. The van der Waals surface area contributed by atoms with Crippen molar-refractivity contribution in [2.75, 3.05) is 10.8 Å². The maximum absolute atomic E-state index is 13.2. The average molecular weight is 458 g/mol. The van der Waals surface area contributed by atoms with E-state index in [-0.39, 0.29) is 16.3 Å². The molecule has 0 aliphatic rings. The van der Waals surface area contributed by atoms with E-state index >= 15 is 0 Å². The Morgan fingerprint density at radius 2 is 1.29 bits per heavy atom. The number of hydrogen-bond donors (Lipinski definition) is 1. The summed E-state index contributed by atoms with van der Waals surface area (Å²) in [6.45, 7) is 3.57. The maximum atomic E-state index is 13.2. The molecule has 7 nitrogen and oxygen atoms in total. The third kappa shape index (κ3) is 5.50. The van der Waals surface area contributed by atoms with Gasteiger partial charge < -0.3 is 0 Å². The van der Waals surface area contributed by atoms with Crippen LogP contribution in [0, 0.1) is 13.8 Å². The molecular weight excluding hydrogens is 434 g/mol. The van der Waals surface area contributed by atoms with Crippen LogP contribution in [-0.4, -0.2) is 29.6 Å². The minimum Gasteiger partial charge on any atom is -0.261 e. The van der Waals surface area contributed by atoms with Gasteiger partial charge in [-0.1, -0.05) is 53.6 Å². The van der Waals surface area contributed by atoms with Gasteiger partial charge in [0.25, 0.3) is 20.0 Å². The van der Waals surface area contributed by atoms with Crippen molar-refractivity contribution in [3.05, 3.63) is 90.0 Å². The lowest BCUT2D eigenvalue weighted by atomic mass is 10.2. The van der Waals surface area contributed by atoms with E-state index < -0.39 is 20.0 Å². The van der Waals surface area contributed by atoms with E-state index in [1.165, 1.54) is 34.8 Å². The fourth-order valence-corrected chi connectivity index (χ4v) is 4.98. The molecule has 0 fully saturated rings. The van der Waals surface area contributed by atoms with Gasteiger partial charge in [0.15, 0.2) is 0 Å². The molecule has 0 radical (unpaired) electrons. The SMILES string of the molecule is Cc1ccc(S(=O)(=O)N/N=C/CN(c2ccccc2)S(=O)(=O)c2ccc(C)cc2)cc1. The predicted molar refractivity (Wildman–Crippen MR) is 122 cm³/mol. The highest BCUT2D eigenvalue weighted by Gasteiger charge is 2.24. The van der Waals surface area contributed by atoms with E-state index in [4.69, 9.17) is 0 Å². The topological polar surface area (TPSA) is 95.9 Å². The van der Waals surface area contributed by atoms with Crippen molar-refractivity contribution >= 4 is 31.9 Å². The number of hydrazone groups is 1. The van der Waals surface area contributed by atoms with E-state index in [2.05, 4.69) is 9.93 Å². The van der Waals surface area contributed by atoms with Crippen LogP contribution in [0.1, 0.15) is 11.1 Å². The van der Waals surface area contributed by atoms with Gasteiger partial charge in [0, 0.05) is 6.21 Å². The van der Waals surface area contributed by atoms with Crippen LogP contribution in [-0.2, 0) is 20.0 Å². The third-order valence-electron chi connectivity index (χ3n) is 4.50. The Balaban J connectivity index is 1.83. The number of aryl methyl sites for hydroxylation is 2. The standard InChI is InChI=1S/C22H23N3O4S2/c1-18-8-12-21(13-9-18)30(26,27)24-23-16-17-25(20-6-4-3-5-7-20)31(28,29)22-14-10-19(2)11-15-22/h3-16,24H,17H2,1-2H3/b23-16+. The number of para-hydroxylation sites is 1. The second-order valence-electron chi connectivity index (χ2n) is 6.90. The number of hydrogen-bond acceptors (Lipinski definition) is 5. The summed E-state index contributed by atoms with van der Waals surface area (Å²) in [7, 11) is -7.73. The smallest absolute Gasteiger partial charge is 0.261 e. The maximum Gasteiger partial charge on any atom is 0.276 e. The van der Waals surface area contributed by atoms with Crippen molar-refractivity contribution in [1.82, 2.24) is 4.83 Å². The number of rotatable bonds is 8. The lowest BCUT2D eigenvalue weighted by Crippen LogP contribution is -2.33. The monoisotopic (exact) mass is 457 g/mol. The van der Waals surface area contributed by atoms with E-state index in [9.17, 15) is 16.8 Å². The van der Waals surface area contributed by atoms with Gasteiger partial charge in [-0.25, -0.2) is 13.2 Å². The van der Waals surface area contributed by atoms with Gasteiger partial charge in [-0.05, 0) is 50.2 Å². The molecule has 0 aliphatic heterocycles. The number of nitrogens with one attached hydrogen (secondary N) is 1. The molecule has 0 saturated carbocycles. The lowest BCUT2D eigenvalue weighted by molar-refractivity contribution is 0.584. The average Bonchev–Trinajstić information content (AvgIpc) is 2.74. The first-order valence-corrected chi connectivity index (χ1v) is 12.4. The molecule has 162 valence electrons. The zero-order chi connectivity index (χ0) is 22.5. The van der Waals surface area contributed by atoms with E-state index in [0.717, 1.165) is 11.1 Å². The number of benzene rings is 3. The van der Waals surface area contributed by atoms with Crippen molar-refractivity contribution < 1.29 is 16.8 Å². The van der Waals surface area contributed by atoms with Crippen LogP contribution in [0.5, 0.6) is 0 Å². The van der Waals surface area contributed by atoms with Crippen molar-refractivity contribution in [3.63, 3.8) is 0 Å². The highest BCUT2D eigenvalue weighted by molar-refractivity contribution is 7.92. The van der Waals surface area contributed by atoms with E-state index in [1.807, 2.05) is 13.8 Å². The predicted octanol–water partition coefficient (Wildman–Crippen LogP) is 3.46. The molecule has 3 aromatic carbocycles. The molecule has 3 aromatic rings. The van der Waals surface area contributed by atoms with Crippen LogP contribution < -0.4 is 9.14 Å². The summed E-state index contributed by atoms with van der Waals surface area (Å²) in [4.78, 5) is 2.33. The van der Waals surface area contributed by atoms with Crippen LogP contribution in [0.3, 0.4) is 0 Å². The van der Waals surface area contributed by atoms with Gasteiger partial charge in [-0.15, -0.1) is 0 Å². The Kier molecular flexibility index (Phi) is 6.77. The molecule has 31 heavy (non-hydrogen) atoms. The Bertz CT molecular complexity index is 1250. The summed E-state index contributed by atoms with van der Waals surface area (Å²) in [5, 5.41) is 3.76. The van der Waals surface area contributed by atoms with Crippen LogP contribution >= 0.6 is 0 Å². The fourth-order valence-electron chi connectivity index (χ4n) is 2.77. The highest BCUT2D eigenvalue weighted by Crippen LogP contribution is 2.23. The normalized spacial score (nSPS) is 12.1. The zero-order valence-corrected chi connectivity index (χ0v) is 18.8. The molecule has 3 rings (SSSR count). The molecule has 0 bridgehead atoms. The zero-order valence-electron chi connectivity index (χ0n) is 17.1. The summed E-state index contributed by atoms with van der Waals surface area (Å²) in [6, 6.07) is 21.4. The number of nitrogens with zero attached hydrogens (tertiary/aromatic N) is 2. The Morgan fingerprint density at radius 3 is 1.84 bits per heavy atom. The van der Waals surface area contributed by atoms with E-state index in [1.54, 1.807) is 54.6 Å². The lowest BCUT2D eigenvalue weighted by Gasteiger charge is -2.23. The first-order valence-electron chi connectivity index (χ1n) is 9.44. The second-order valence-corrected chi connectivity index (χ2v) is 10.4. The first kappa shape index (κ1) is 22.5. The quantitative estimate of drug-likeness (QED) is 0.414. The van der Waals surface area contributed by atoms with Gasteiger partial charge in [0.1, 0.15) is 0 Å². The van der Waals surface area contributed by atoms with Gasteiger partial charge in [0.2, 0.25) is 0 Å². The minimum absolute atomic E-state index is 0.0717. The van der Waals surface area contributed by atoms with Crippen molar-refractivity contribution in [2.24, 2.45) is 5.10 Å². The Hall–Kier alpha value is -3.17. The van der Waals surface area contributed by atoms with Gasteiger partial charge in [0.05, 0.1) is 22.0 Å². The Labute approximate surface area is 183 Å². The summed E-state index contributed by atoms with van der Waals surface area (Å²) in [6.07, 6.45) is 1.21. The molecule has 0 aliphatic carbocycles. The van der Waals surface area contributed by atoms with Crippen LogP contribution in [0.2, 0.25) is 0 Å². The molecule has 9 heteroatoms. The van der Waals surface area contributed by atoms with Gasteiger partial charge in [-0.2, -0.15) is 13.5 Å². The minimum atomic E-state index is -3.88. The largest absolute Gasteiger partial charge is 0.276 e. The Morgan fingerprint density at radius 1 is 0.774 bits per heavy atom. The molecule has 1 N–H and O–H groups in total. The summed E-state index contributed by atoms with van der Waals surface area (Å²) < 4.78 is 52.3. The first-order chi connectivity index (χ1) is 14.7. The van der Waals surface area contributed by atoms with Crippen molar-refractivity contribution in [2.45, 2.75) is 23.6 Å². The fraction of sp³-hybridized carbons (Fsp3) is 0.136. The second kappa shape index (κ2) is 9.32. The molecule has 0 saturated heterocycles. The van der Waals surface area contributed by atoms with Crippen LogP contribution in [0.4, 0.5) is 5.69 Å². The van der Waals surface area contributed by atoms with Crippen LogP contribution in [0.25, 0.3) is 0 Å². The molecule has 0 spiro atoms. The molecular formula is C22H23N3O4S2. The van der Waals surface area contributed by atoms with Crippen LogP contribution in [0.15, 0.2) is 93.8 Å². The summed E-state index contributed by atoms with van der Waals surface area (Å²) in [5.41, 5.74) is 2.32. The highest BCUT2D eigenvalue weighted by atomic mass is 32.2. The summed E-state index contributed by atoms with van der Waals surface area (Å²) >= 11 is 0. The molecule has 0 atom stereocenters. The molecule has 0 aromatic heterocycles. The molecule has 0 amide bonds. The van der Waals surface area contributed by atoms with Crippen molar-refractivity contribution in [1.29, 1.82) is 0 Å². The molecule has 0 heterocycles. The molecule has 0 unspecified atom stereocenters.